The van der Waals surface area contributed by atoms with Crippen LogP contribution in [0.1, 0.15) is 21.6 Å². The summed E-state index contributed by atoms with van der Waals surface area (Å²) in [7, 11) is 1.62. The van der Waals surface area contributed by atoms with Crippen molar-refractivity contribution in [3.05, 3.63) is 65.4 Å². The van der Waals surface area contributed by atoms with Gasteiger partial charge < -0.3 is 4.74 Å². The summed E-state index contributed by atoms with van der Waals surface area (Å²) < 4.78 is 6.93. The Morgan fingerprint density at radius 1 is 1.13 bits per heavy atom. The smallest absolute Gasteiger partial charge is 0.172 e. The Bertz CT molecular complexity index is 823. The zero-order valence-corrected chi connectivity index (χ0v) is 13.1. The average molecular weight is 307 g/mol. The lowest BCUT2D eigenvalue weighted by Gasteiger charge is -2.10. The Hall–Kier alpha value is -2.95. The molecule has 0 bridgehead atoms. The summed E-state index contributed by atoms with van der Waals surface area (Å²) in [4.78, 5) is 11.3. The predicted octanol–water partition coefficient (Wildman–Crippen LogP) is 3.12. The number of rotatable bonds is 5. The number of hydrogen-bond acceptors (Lipinski definition) is 4. The highest BCUT2D eigenvalue weighted by Crippen LogP contribution is 2.25. The molecule has 0 atom stereocenters. The van der Waals surface area contributed by atoms with Gasteiger partial charge in [0, 0.05) is 5.56 Å². The molecule has 0 radical (unpaired) electrons. The lowest BCUT2D eigenvalue weighted by molar-refractivity contribution is 0.111. The van der Waals surface area contributed by atoms with Gasteiger partial charge in [-0.2, -0.15) is 0 Å². The number of aryl methyl sites for hydroxylation is 1. The monoisotopic (exact) mass is 307 g/mol. The Morgan fingerprint density at radius 2 is 1.87 bits per heavy atom. The summed E-state index contributed by atoms with van der Waals surface area (Å²) in [5.74, 6) is 0.763. The van der Waals surface area contributed by atoms with Crippen LogP contribution in [0, 0.1) is 6.92 Å². The first-order valence-electron chi connectivity index (χ1n) is 7.30. The minimum Gasteiger partial charge on any atom is -0.497 e. The number of carbonyl (C=O) groups is 1. The standard InChI is InChI=1S/C18H17N3O2/c1-13-5-3-4-6-15(13)11-21-18(17(12-22)19-20-21)14-7-9-16(23-2)10-8-14/h3-10,12H,11H2,1-2H3. The Labute approximate surface area is 134 Å². The third kappa shape index (κ3) is 2.99. The van der Waals surface area contributed by atoms with Gasteiger partial charge in [-0.1, -0.05) is 29.5 Å². The normalized spacial score (nSPS) is 10.5. The molecule has 5 nitrogen and oxygen atoms in total. The molecule has 0 aliphatic heterocycles. The van der Waals surface area contributed by atoms with Gasteiger partial charge >= 0.3 is 0 Å². The van der Waals surface area contributed by atoms with Crippen LogP contribution in [0.5, 0.6) is 5.75 Å². The van der Waals surface area contributed by atoms with Crippen LogP contribution in [0.4, 0.5) is 0 Å². The molecule has 0 aliphatic carbocycles. The fourth-order valence-electron chi connectivity index (χ4n) is 2.51. The number of carbonyl (C=O) groups excluding carboxylic acids is 1. The summed E-state index contributed by atoms with van der Waals surface area (Å²) in [5.41, 5.74) is 4.25. The molecule has 0 N–H and O–H groups in total. The Morgan fingerprint density at radius 3 is 2.52 bits per heavy atom. The lowest BCUT2D eigenvalue weighted by atomic mass is 10.1. The average Bonchev–Trinajstić information content (AvgIpc) is 3.00. The molecule has 0 saturated carbocycles. The summed E-state index contributed by atoms with van der Waals surface area (Å²) in [6.07, 6.45) is 0.737. The maximum absolute atomic E-state index is 11.3. The lowest BCUT2D eigenvalue weighted by Crippen LogP contribution is -2.06. The van der Waals surface area contributed by atoms with Crippen LogP contribution in [0.2, 0.25) is 0 Å². The van der Waals surface area contributed by atoms with Gasteiger partial charge in [-0.3, -0.25) is 4.79 Å². The van der Waals surface area contributed by atoms with E-state index >= 15 is 0 Å². The molecule has 116 valence electrons. The molecule has 0 saturated heterocycles. The fraction of sp³-hybridized carbons (Fsp3) is 0.167. The second-order valence-corrected chi connectivity index (χ2v) is 5.25. The van der Waals surface area contributed by atoms with Gasteiger partial charge in [0.2, 0.25) is 0 Å². The minimum absolute atomic E-state index is 0.337. The van der Waals surface area contributed by atoms with E-state index in [4.69, 9.17) is 4.74 Å². The zero-order chi connectivity index (χ0) is 16.2. The molecule has 3 rings (SSSR count). The molecule has 23 heavy (non-hydrogen) atoms. The number of hydrogen-bond donors (Lipinski definition) is 0. The SMILES string of the molecule is COc1ccc(-c2c(C=O)nnn2Cc2ccccc2C)cc1. The Kier molecular flexibility index (Phi) is 4.19. The fourth-order valence-corrected chi connectivity index (χ4v) is 2.51. The number of nitrogens with zero attached hydrogens (tertiary/aromatic N) is 3. The van der Waals surface area contributed by atoms with Gasteiger partial charge in [-0.05, 0) is 42.3 Å². The van der Waals surface area contributed by atoms with Crippen molar-refractivity contribution in [2.45, 2.75) is 13.5 Å². The number of benzene rings is 2. The van der Waals surface area contributed by atoms with E-state index in [-0.39, 0.29) is 0 Å². The molecule has 0 unspecified atom stereocenters. The van der Waals surface area contributed by atoms with Crippen LogP contribution in [0.25, 0.3) is 11.3 Å². The zero-order valence-electron chi connectivity index (χ0n) is 13.1. The molecule has 2 aromatic carbocycles. The van der Waals surface area contributed by atoms with Gasteiger partial charge in [-0.25, -0.2) is 4.68 Å². The summed E-state index contributed by atoms with van der Waals surface area (Å²) in [5, 5.41) is 8.14. The summed E-state index contributed by atoms with van der Waals surface area (Å²) in [6.45, 7) is 2.62. The maximum atomic E-state index is 11.3. The molecule has 0 amide bonds. The topological polar surface area (TPSA) is 57.0 Å². The predicted molar refractivity (Wildman–Crippen MR) is 87.7 cm³/mol. The first-order chi connectivity index (χ1) is 11.2. The van der Waals surface area contributed by atoms with Gasteiger partial charge in [0.05, 0.1) is 19.3 Å². The van der Waals surface area contributed by atoms with E-state index in [2.05, 4.69) is 29.4 Å². The van der Waals surface area contributed by atoms with E-state index in [1.807, 2.05) is 36.4 Å². The van der Waals surface area contributed by atoms with Crippen molar-refractivity contribution in [3.63, 3.8) is 0 Å². The molecule has 5 heteroatoms. The van der Waals surface area contributed by atoms with Crippen LogP contribution in [-0.4, -0.2) is 28.4 Å². The van der Waals surface area contributed by atoms with Crippen LogP contribution in [-0.2, 0) is 6.54 Å². The van der Waals surface area contributed by atoms with E-state index < -0.39 is 0 Å². The molecule has 1 aromatic heterocycles. The number of methoxy groups -OCH3 is 1. The third-order valence-corrected chi connectivity index (χ3v) is 3.82. The van der Waals surface area contributed by atoms with Gasteiger partial charge in [0.15, 0.2) is 12.0 Å². The summed E-state index contributed by atoms with van der Waals surface area (Å²) >= 11 is 0. The first-order valence-corrected chi connectivity index (χ1v) is 7.30. The molecular formula is C18H17N3O2. The number of ether oxygens (including phenoxy) is 1. The molecule has 0 spiro atoms. The van der Waals surface area contributed by atoms with Crippen LogP contribution in [0.3, 0.4) is 0 Å². The van der Waals surface area contributed by atoms with Crippen molar-refractivity contribution < 1.29 is 9.53 Å². The van der Waals surface area contributed by atoms with Crippen molar-refractivity contribution in [1.82, 2.24) is 15.0 Å². The Balaban J connectivity index is 2.03. The van der Waals surface area contributed by atoms with Gasteiger partial charge in [0.1, 0.15) is 5.75 Å². The van der Waals surface area contributed by atoms with Crippen LogP contribution < -0.4 is 4.74 Å². The van der Waals surface area contributed by atoms with Gasteiger partial charge in [-0.15, -0.1) is 5.10 Å². The van der Waals surface area contributed by atoms with Crippen molar-refractivity contribution in [2.75, 3.05) is 7.11 Å². The van der Waals surface area contributed by atoms with Crippen LogP contribution in [0.15, 0.2) is 48.5 Å². The van der Waals surface area contributed by atoms with Crippen molar-refractivity contribution >= 4 is 6.29 Å². The highest BCUT2D eigenvalue weighted by Gasteiger charge is 2.15. The second kappa shape index (κ2) is 6.44. The van der Waals surface area contributed by atoms with E-state index in [9.17, 15) is 4.79 Å². The molecule has 0 aliphatic rings. The van der Waals surface area contributed by atoms with Crippen LogP contribution >= 0.6 is 0 Å². The largest absolute Gasteiger partial charge is 0.497 e. The highest BCUT2D eigenvalue weighted by atomic mass is 16.5. The van der Waals surface area contributed by atoms with E-state index in [0.29, 0.717) is 17.9 Å². The molecule has 0 fully saturated rings. The quantitative estimate of drug-likeness (QED) is 0.680. The first kappa shape index (κ1) is 15.0. The molecule has 3 aromatic rings. The van der Waals surface area contributed by atoms with Gasteiger partial charge in [0.25, 0.3) is 0 Å². The van der Waals surface area contributed by atoms with Crippen molar-refractivity contribution in [1.29, 1.82) is 0 Å². The number of aldehydes is 1. The van der Waals surface area contributed by atoms with E-state index in [1.165, 1.54) is 5.56 Å². The molecule has 1 heterocycles. The molecular weight excluding hydrogens is 290 g/mol. The van der Waals surface area contributed by atoms with E-state index in [1.54, 1.807) is 11.8 Å². The highest BCUT2D eigenvalue weighted by molar-refractivity contribution is 5.83. The van der Waals surface area contributed by atoms with E-state index in [0.717, 1.165) is 23.2 Å². The second-order valence-electron chi connectivity index (χ2n) is 5.25. The minimum atomic E-state index is 0.337. The maximum Gasteiger partial charge on any atom is 0.172 e. The summed E-state index contributed by atoms with van der Waals surface area (Å²) in [6, 6.07) is 15.6. The number of aromatic nitrogens is 3. The van der Waals surface area contributed by atoms with Crippen molar-refractivity contribution in [3.8, 4) is 17.0 Å². The van der Waals surface area contributed by atoms with Crippen molar-refractivity contribution in [2.24, 2.45) is 0 Å². The third-order valence-electron chi connectivity index (χ3n) is 3.82.